The smallest absolute Gasteiger partial charge is 0.274 e. The van der Waals surface area contributed by atoms with Gasteiger partial charge < -0.3 is 14.4 Å². The molecule has 2 aromatic rings. The molecule has 0 radical (unpaired) electrons. The van der Waals surface area contributed by atoms with Gasteiger partial charge in [-0.3, -0.25) is 9.59 Å². The monoisotopic (exact) mass is 415 g/mol. The zero-order valence-corrected chi connectivity index (χ0v) is 18.5. The minimum atomic E-state index is -0.195. The summed E-state index contributed by atoms with van der Waals surface area (Å²) in [7, 11) is 0. The zero-order chi connectivity index (χ0) is 21.9. The van der Waals surface area contributed by atoms with E-state index < -0.39 is 0 Å². The molecule has 0 aliphatic heterocycles. The van der Waals surface area contributed by atoms with Crippen LogP contribution in [0, 0.1) is 0 Å². The minimum Gasteiger partial charge on any atom is -0.490 e. The fourth-order valence-electron chi connectivity index (χ4n) is 3.09. The van der Waals surface area contributed by atoms with Gasteiger partial charge in [-0.1, -0.05) is 26.8 Å². The van der Waals surface area contributed by atoms with Crippen LogP contribution in [0.15, 0.2) is 35.1 Å². The Balaban J connectivity index is 2.26. The van der Waals surface area contributed by atoms with Crippen molar-refractivity contribution < 1.29 is 14.3 Å². The molecule has 1 amide bonds. The van der Waals surface area contributed by atoms with Gasteiger partial charge in [-0.25, -0.2) is 4.68 Å². The molecule has 0 aliphatic rings. The van der Waals surface area contributed by atoms with Gasteiger partial charge in [0.25, 0.3) is 11.5 Å². The second kappa shape index (κ2) is 12.0. The highest BCUT2D eigenvalue weighted by molar-refractivity contribution is 5.92. The molecule has 0 saturated heterocycles. The first-order valence-electron chi connectivity index (χ1n) is 10.8. The van der Waals surface area contributed by atoms with E-state index in [4.69, 9.17) is 9.47 Å². The Kier molecular flexibility index (Phi) is 9.38. The van der Waals surface area contributed by atoms with Crippen molar-refractivity contribution in [2.75, 3.05) is 19.8 Å². The summed E-state index contributed by atoms with van der Waals surface area (Å²) in [5.74, 6) is 1.21. The molecule has 1 aromatic carbocycles. The summed E-state index contributed by atoms with van der Waals surface area (Å²) in [6.07, 6.45) is 2.51. The third-order valence-electron chi connectivity index (χ3n) is 4.44. The van der Waals surface area contributed by atoms with E-state index in [9.17, 15) is 9.59 Å². The molecule has 0 saturated carbocycles. The lowest BCUT2D eigenvalue weighted by Gasteiger charge is -2.23. The van der Waals surface area contributed by atoms with Crippen LogP contribution < -0.4 is 15.0 Å². The number of amides is 1. The van der Waals surface area contributed by atoms with Crippen LogP contribution in [-0.4, -0.2) is 40.3 Å². The van der Waals surface area contributed by atoms with E-state index >= 15 is 0 Å². The Hall–Kier alpha value is -2.83. The van der Waals surface area contributed by atoms with Crippen LogP contribution in [-0.2, 0) is 13.1 Å². The molecule has 7 heteroatoms. The highest BCUT2D eigenvalue weighted by atomic mass is 16.5. The van der Waals surface area contributed by atoms with Crippen molar-refractivity contribution in [2.45, 2.75) is 60.0 Å². The van der Waals surface area contributed by atoms with E-state index in [-0.39, 0.29) is 17.2 Å². The first-order chi connectivity index (χ1) is 14.5. The van der Waals surface area contributed by atoms with Gasteiger partial charge in [-0.15, -0.1) is 0 Å². The number of rotatable bonds is 12. The predicted octanol–water partition coefficient (Wildman–Crippen LogP) is 3.89. The summed E-state index contributed by atoms with van der Waals surface area (Å²) in [6, 6.07) is 8.69. The highest BCUT2D eigenvalue weighted by Crippen LogP contribution is 2.29. The maximum absolute atomic E-state index is 13.1. The highest BCUT2D eigenvalue weighted by Gasteiger charge is 2.19. The van der Waals surface area contributed by atoms with Crippen molar-refractivity contribution in [2.24, 2.45) is 0 Å². The third-order valence-corrected chi connectivity index (χ3v) is 4.44. The van der Waals surface area contributed by atoms with E-state index in [1.807, 2.05) is 39.0 Å². The number of carbonyl (C=O) groups is 1. The maximum Gasteiger partial charge on any atom is 0.274 e. The molecule has 0 spiro atoms. The van der Waals surface area contributed by atoms with E-state index in [1.54, 1.807) is 4.90 Å². The van der Waals surface area contributed by atoms with E-state index in [2.05, 4.69) is 12.0 Å². The third kappa shape index (κ3) is 6.34. The van der Waals surface area contributed by atoms with Crippen LogP contribution in [0.1, 0.15) is 63.0 Å². The van der Waals surface area contributed by atoms with Crippen molar-refractivity contribution >= 4 is 5.91 Å². The topological polar surface area (TPSA) is 73.7 Å². The van der Waals surface area contributed by atoms with Gasteiger partial charge in [0.1, 0.15) is 5.69 Å². The Labute approximate surface area is 178 Å². The van der Waals surface area contributed by atoms with E-state index in [0.29, 0.717) is 44.3 Å². The largest absolute Gasteiger partial charge is 0.490 e. The van der Waals surface area contributed by atoms with Crippen molar-refractivity contribution in [3.8, 4) is 11.5 Å². The number of aryl methyl sites for hydroxylation is 1. The number of hydrogen-bond acceptors (Lipinski definition) is 5. The molecule has 0 N–H and O–H groups in total. The molecule has 164 valence electrons. The molecule has 0 aliphatic carbocycles. The lowest BCUT2D eigenvalue weighted by molar-refractivity contribution is 0.0734. The molecule has 0 bridgehead atoms. The van der Waals surface area contributed by atoms with E-state index in [0.717, 1.165) is 24.8 Å². The summed E-state index contributed by atoms with van der Waals surface area (Å²) < 4.78 is 12.9. The quantitative estimate of drug-likeness (QED) is 0.526. The van der Waals surface area contributed by atoms with Crippen LogP contribution >= 0.6 is 0 Å². The second-order valence-electron chi connectivity index (χ2n) is 7.07. The molecule has 0 unspecified atom stereocenters. The molecule has 1 aromatic heterocycles. The van der Waals surface area contributed by atoms with Gasteiger partial charge in [-0.05, 0) is 49.9 Å². The van der Waals surface area contributed by atoms with Gasteiger partial charge in [-0.2, -0.15) is 5.10 Å². The lowest BCUT2D eigenvalue weighted by Crippen LogP contribution is -2.34. The van der Waals surface area contributed by atoms with E-state index in [1.165, 1.54) is 16.8 Å². The second-order valence-corrected chi connectivity index (χ2v) is 7.07. The van der Waals surface area contributed by atoms with Gasteiger partial charge in [0, 0.05) is 25.7 Å². The molecule has 2 rings (SSSR count). The van der Waals surface area contributed by atoms with Crippen molar-refractivity contribution in [1.29, 1.82) is 0 Å². The summed E-state index contributed by atoms with van der Waals surface area (Å²) in [5, 5.41) is 4.27. The summed E-state index contributed by atoms with van der Waals surface area (Å²) in [4.78, 5) is 26.8. The molecular weight excluding hydrogens is 382 g/mol. The molecule has 0 atom stereocenters. The minimum absolute atomic E-state index is 0.189. The average molecular weight is 416 g/mol. The Morgan fingerprint density at radius 3 is 2.47 bits per heavy atom. The number of carbonyl (C=O) groups excluding carboxylic acids is 1. The molecule has 30 heavy (non-hydrogen) atoms. The predicted molar refractivity (Wildman–Crippen MR) is 117 cm³/mol. The number of nitrogens with zero attached hydrogens (tertiary/aromatic N) is 3. The fourth-order valence-corrected chi connectivity index (χ4v) is 3.09. The fraction of sp³-hybridized carbons (Fsp3) is 0.522. The lowest BCUT2D eigenvalue weighted by atomic mass is 10.1. The first kappa shape index (κ1) is 23.4. The van der Waals surface area contributed by atoms with Gasteiger partial charge in [0.15, 0.2) is 11.5 Å². The SMILES string of the molecule is CCCOc1ccc(CN(CCC)C(=O)c2ccc(=O)n(CCC)n2)cc1OCC. The van der Waals surface area contributed by atoms with Crippen LogP contribution in [0.2, 0.25) is 0 Å². The van der Waals surface area contributed by atoms with Gasteiger partial charge >= 0.3 is 0 Å². The number of hydrogen-bond donors (Lipinski definition) is 0. The summed E-state index contributed by atoms with van der Waals surface area (Å²) in [5.41, 5.74) is 1.04. The Bertz CT molecular complexity index is 879. The maximum atomic E-state index is 13.1. The summed E-state index contributed by atoms with van der Waals surface area (Å²) in [6.45, 7) is 10.6. The number of ether oxygens (including phenoxy) is 2. The Morgan fingerprint density at radius 1 is 1.00 bits per heavy atom. The molecule has 7 nitrogen and oxygen atoms in total. The van der Waals surface area contributed by atoms with Crippen LogP contribution in [0.3, 0.4) is 0 Å². The molecule has 1 heterocycles. The van der Waals surface area contributed by atoms with Gasteiger partial charge in [0.05, 0.1) is 13.2 Å². The van der Waals surface area contributed by atoms with Crippen molar-refractivity contribution in [3.63, 3.8) is 0 Å². The van der Waals surface area contributed by atoms with Crippen LogP contribution in [0.4, 0.5) is 0 Å². The standard InChI is InChI=1S/C23H33N3O4/c1-5-13-25(23(28)19-10-12-22(27)26(24-19)14-6-2)17-18-9-11-20(30-15-7-3)21(16-18)29-8-4/h9-12,16H,5-8,13-15,17H2,1-4H3. The average Bonchev–Trinajstić information content (AvgIpc) is 2.74. The van der Waals surface area contributed by atoms with Crippen LogP contribution in [0.5, 0.6) is 11.5 Å². The normalized spacial score (nSPS) is 10.7. The zero-order valence-electron chi connectivity index (χ0n) is 18.5. The molecular formula is C23H33N3O4. The van der Waals surface area contributed by atoms with Crippen molar-refractivity contribution in [3.05, 3.63) is 51.9 Å². The summed E-state index contributed by atoms with van der Waals surface area (Å²) >= 11 is 0. The first-order valence-corrected chi connectivity index (χ1v) is 10.8. The Morgan fingerprint density at radius 2 is 1.80 bits per heavy atom. The van der Waals surface area contributed by atoms with Crippen molar-refractivity contribution in [1.82, 2.24) is 14.7 Å². The van der Waals surface area contributed by atoms with Gasteiger partial charge in [0.2, 0.25) is 0 Å². The number of aromatic nitrogens is 2. The van der Waals surface area contributed by atoms with Crippen LogP contribution in [0.25, 0.3) is 0 Å². The molecule has 0 fully saturated rings. The number of benzene rings is 1.